The number of benzene rings is 1. The van der Waals surface area contributed by atoms with Crippen LogP contribution in [0.1, 0.15) is 6.42 Å². The van der Waals surface area contributed by atoms with Crippen molar-refractivity contribution in [2.75, 3.05) is 18.6 Å². The zero-order valence-corrected chi connectivity index (χ0v) is 12.3. The van der Waals surface area contributed by atoms with E-state index in [0.29, 0.717) is 5.69 Å². The van der Waals surface area contributed by atoms with Crippen LogP contribution >= 0.6 is 15.9 Å². The number of anilines is 1. The van der Waals surface area contributed by atoms with E-state index in [1.54, 1.807) is 24.3 Å². The van der Waals surface area contributed by atoms with Crippen molar-refractivity contribution < 1.29 is 19.1 Å². The Morgan fingerprint density at radius 2 is 2.05 bits per heavy atom. The average Bonchev–Trinajstić information content (AvgIpc) is 2.72. The van der Waals surface area contributed by atoms with Gasteiger partial charge in [-0.05, 0) is 24.3 Å². The van der Waals surface area contributed by atoms with Crippen LogP contribution in [0.3, 0.4) is 0 Å². The van der Waals surface area contributed by atoms with Crippen LogP contribution in [-0.2, 0) is 19.1 Å². The van der Waals surface area contributed by atoms with Gasteiger partial charge in [0.05, 0.1) is 31.8 Å². The van der Waals surface area contributed by atoms with E-state index in [4.69, 9.17) is 0 Å². The van der Waals surface area contributed by atoms with Crippen LogP contribution in [-0.4, -0.2) is 37.5 Å². The van der Waals surface area contributed by atoms with Crippen molar-refractivity contribution in [2.24, 2.45) is 0 Å². The highest BCUT2D eigenvalue weighted by Crippen LogP contribution is 2.24. The number of rotatable bonds is 4. The molecule has 6 nitrogen and oxygen atoms in total. The fourth-order valence-electron chi connectivity index (χ4n) is 1.93. The summed E-state index contributed by atoms with van der Waals surface area (Å²) in [6, 6.07) is 6.19. The lowest BCUT2D eigenvalue weighted by atomic mass is 10.2. The van der Waals surface area contributed by atoms with E-state index in [1.807, 2.05) is 0 Å². The second-order valence-corrected chi connectivity index (χ2v) is 5.17. The summed E-state index contributed by atoms with van der Waals surface area (Å²) in [4.78, 5) is 36.3. The summed E-state index contributed by atoms with van der Waals surface area (Å²) in [6.07, 6.45) is 0.0336. The van der Waals surface area contributed by atoms with Crippen molar-refractivity contribution in [1.82, 2.24) is 5.32 Å². The first-order chi connectivity index (χ1) is 9.52. The molecule has 7 heteroatoms. The van der Waals surface area contributed by atoms with E-state index >= 15 is 0 Å². The van der Waals surface area contributed by atoms with Crippen LogP contribution < -0.4 is 10.2 Å². The van der Waals surface area contributed by atoms with E-state index in [2.05, 4.69) is 26.0 Å². The Kier molecular flexibility index (Phi) is 4.51. The average molecular weight is 341 g/mol. The van der Waals surface area contributed by atoms with Crippen molar-refractivity contribution in [1.29, 1.82) is 0 Å². The number of nitrogens with one attached hydrogen (secondary N) is 1. The minimum Gasteiger partial charge on any atom is -0.468 e. The Morgan fingerprint density at radius 3 is 2.65 bits per heavy atom. The van der Waals surface area contributed by atoms with Gasteiger partial charge in [-0.3, -0.25) is 19.7 Å². The number of imide groups is 1. The van der Waals surface area contributed by atoms with Gasteiger partial charge in [0.15, 0.2) is 0 Å². The third kappa shape index (κ3) is 3.05. The molecule has 1 aromatic rings. The van der Waals surface area contributed by atoms with E-state index in [0.717, 1.165) is 9.37 Å². The molecule has 1 N–H and O–H groups in total. The molecule has 2 amide bonds. The number of amides is 2. The summed E-state index contributed by atoms with van der Waals surface area (Å²) in [7, 11) is 1.26. The standard InChI is InChI=1S/C13H13BrN2O4/c1-20-12(18)7-15-10-6-11(17)16(13(10)19)9-4-2-8(14)3-5-9/h2-5,10,15H,6-7H2,1H3/t10-/m0/s1. The first kappa shape index (κ1) is 14.7. The summed E-state index contributed by atoms with van der Waals surface area (Å²) in [5.74, 6) is -1.13. The molecular weight excluding hydrogens is 328 g/mol. The highest BCUT2D eigenvalue weighted by atomic mass is 79.9. The van der Waals surface area contributed by atoms with Crippen molar-refractivity contribution in [3.05, 3.63) is 28.7 Å². The van der Waals surface area contributed by atoms with Crippen molar-refractivity contribution in [3.8, 4) is 0 Å². The lowest BCUT2D eigenvalue weighted by molar-refractivity contribution is -0.139. The maximum atomic E-state index is 12.2. The van der Waals surface area contributed by atoms with Gasteiger partial charge in [0.25, 0.3) is 5.91 Å². The fourth-order valence-corrected chi connectivity index (χ4v) is 2.20. The molecule has 2 rings (SSSR count). The zero-order valence-electron chi connectivity index (χ0n) is 10.8. The molecule has 0 bridgehead atoms. The topological polar surface area (TPSA) is 75.7 Å². The number of hydrogen-bond acceptors (Lipinski definition) is 5. The first-order valence-electron chi connectivity index (χ1n) is 5.95. The van der Waals surface area contributed by atoms with Gasteiger partial charge in [0, 0.05) is 4.47 Å². The van der Waals surface area contributed by atoms with Gasteiger partial charge in [-0.15, -0.1) is 0 Å². The number of carbonyl (C=O) groups is 3. The number of ether oxygens (including phenoxy) is 1. The molecule has 1 heterocycles. The van der Waals surface area contributed by atoms with Gasteiger partial charge in [-0.1, -0.05) is 15.9 Å². The van der Waals surface area contributed by atoms with Crippen LogP contribution in [0.4, 0.5) is 5.69 Å². The van der Waals surface area contributed by atoms with Gasteiger partial charge < -0.3 is 4.74 Å². The van der Waals surface area contributed by atoms with Crippen LogP contribution in [0.2, 0.25) is 0 Å². The van der Waals surface area contributed by atoms with E-state index in [9.17, 15) is 14.4 Å². The van der Waals surface area contributed by atoms with Crippen molar-refractivity contribution in [3.63, 3.8) is 0 Å². The molecule has 1 aliphatic rings. The van der Waals surface area contributed by atoms with Crippen molar-refractivity contribution in [2.45, 2.75) is 12.5 Å². The smallest absolute Gasteiger partial charge is 0.319 e. The third-order valence-electron chi connectivity index (χ3n) is 2.95. The maximum absolute atomic E-state index is 12.2. The Morgan fingerprint density at radius 1 is 1.40 bits per heavy atom. The molecule has 0 aromatic heterocycles. The number of nitrogens with zero attached hydrogens (tertiary/aromatic N) is 1. The highest BCUT2D eigenvalue weighted by Gasteiger charge is 2.39. The zero-order chi connectivity index (χ0) is 14.7. The Bertz CT molecular complexity index is 544. The summed E-state index contributed by atoms with van der Waals surface area (Å²) < 4.78 is 5.34. The fraction of sp³-hybridized carbons (Fsp3) is 0.308. The quantitative estimate of drug-likeness (QED) is 0.649. The molecule has 0 unspecified atom stereocenters. The first-order valence-corrected chi connectivity index (χ1v) is 6.75. The molecule has 1 fully saturated rings. The second kappa shape index (κ2) is 6.15. The second-order valence-electron chi connectivity index (χ2n) is 4.26. The number of halogens is 1. The Labute approximate surface area is 124 Å². The summed E-state index contributed by atoms with van der Waals surface area (Å²) >= 11 is 3.29. The molecule has 0 saturated carbocycles. The third-order valence-corrected chi connectivity index (χ3v) is 3.48. The molecule has 20 heavy (non-hydrogen) atoms. The minimum atomic E-state index is -0.690. The van der Waals surface area contributed by atoms with Crippen molar-refractivity contribution >= 4 is 39.4 Å². The van der Waals surface area contributed by atoms with Crippen LogP contribution in [0, 0.1) is 0 Å². The maximum Gasteiger partial charge on any atom is 0.319 e. The lowest BCUT2D eigenvalue weighted by Gasteiger charge is -2.15. The van der Waals surface area contributed by atoms with Crippen LogP contribution in [0.15, 0.2) is 28.7 Å². The molecule has 1 saturated heterocycles. The van der Waals surface area contributed by atoms with Crippen LogP contribution in [0.25, 0.3) is 0 Å². The highest BCUT2D eigenvalue weighted by molar-refractivity contribution is 9.10. The number of hydrogen-bond donors (Lipinski definition) is 1. The summed E-state index contributed by atoms with van der Waals surface area (Å²) in [5, 5.41) is 2.73. The predicted molar refractivity (Wildman–Crippen MR) is 75.1 cm³/mol. The van der Waals surface area contributed by atoms with Gasteiger partial charge in [-0.2, -0.15) is 0 Å². The monoisotopic (exact) mass is 340 g/mol. The molecule has 106 valence electrons. The predicted octanol–water partition coefficient (Wildman–Crippen LogP) is 0.844. The molecule has 1 aliphatic heterocycles. The lowest BCUT2D eigenvalue weighted by Crippen LogP contribution is -2.41. The Hall–Kier alpha value is -1.73. The molecule has 0 radical (unpaired) electrons. The Balaban J connectivity index is 2.09. The minimum absolute atomic E-state index is 0.0336. The normalized spacial score (nSPS) is 18.5. The molecule has 0 spiro atoms. The molecule has 0 aliphatic carbocycles. The summed E-state index contributed by atoms with van der Waals surface area (Å²) in [6.45, 7) is -0.103. The molecular formula is C13H13BrN2O4. The van der Waals surface area contributed by atoms with Gasteiger partial charge in [0.2, 0.25) is 5.91 Å². The summed E-state index contributed by atoms with van der Waals surface area (Å²) in [5.41, 5.74) is 0.519. The van der Waals surface area contributed by atoms with E-state index in [1.165, 1.54) is 7.11 Å². The van der Waals surface area contributed by atoms with E-state index < -0.39 is 12.0 Å². The largest absolute Gasteiger partial charge is 0.468 e. The number of methoxy groups -OCH3 is 1. The van der Waals surface area contributed by atoms with Crippen LogP contribution in [0.5, 0.6) is 0 Å². The molecule has 1 atom stereocenters. The molecule has 1 aromatic carbocycles. The number of carbonyl (C=O) groups excluding carboxylic acids is 3. The number of esters is 1. The van der Waals surface area contributed by atoms with Gasteiger partial charge in [-0.25, -0.2) is 4.90 Å². The SMILES string of the molecule is COC(=O)CN[C@H]1CC(=O)N(c2ccc(Br)cc2)C1=O. The van der Waals surface area contributed by atoms with Gasteiger partial charge in [0.1, 0.15) is 0 Å². The van der Waals surface area contributed by atoms with Gasteiger partial charge >= 0.3 is 5.97 Å². The van der Waals surface area contributed by atoms with E-state index in [-0.39, 0.29) is 24.8 Å².